The topological polar surface area (TPSA) is 51.6 Å². The first-order valence-electron chi connectivity index (χ1n) is 14.7. The molecule has 246 valence electrons. The number of hydrogen-bond donors (Lipinski definition) is 0. The smallest absolute Gasteiger partial charge is 0.0894 e. The first-order valence-corrected chi connectivity index (χ1v) is 17.3. The van der Waals surface area contributed by atoms with Crippen molar-refractivity contribution in [1.82, 2.24) is 19.9 Å². The molecule has 7 heterocycles. The summed E-state index contributed by atoms with van der Waals surface area (Å²) in [5.41, 5.74) is 7.50. The largest absolute Gasteiger partial charge is 0.295 e. The van der Waals surface area contributed by atoms with Gasteiger partial charge in [-0.05, 0) is 42.5 Å². The molecule has 0 fully saturated rings. The first-order chi connectivity index (χ1) is 23.3. The Balaban J connectivity index is 0.000000144. The van der Waals surface area contributed by atoms with Crippen molar-refractivity contribution in [2.24, 2.45) is 0 Å². The molecule has 0 saturated carbocycles. The van der Waals surface area contributed by atoms with Crippen molar-refractivity contribution in [3.63, 3.8) is 0 Å². The van der Waals surface area contributed by atoms with Crippen LogP contribution in [0.3, 0.4) is 0 Å². The summed E-state index contributed by atoms with van der Waals surface area (Å²) in [6, 6.07) is 50.4. The molecule has 0 aliphatic rings. The summed E-state index contributed by atoms with van der Waals surface area (Å²) in [6.45, 7) is 0. The van der Waals surface area contributed by atoms with E-state index in [1.54, 1.807) is 41.3 Å². The monoisotopic (exact) mass is 1050 g/mol. The Morgan fingerprint density at radius 1 is 0.429 bits per heavy atom. The van der Waals surface area contributed by atoms with Gasteiger partial charge in [0.2, 0.25) is 0 Å². The molecule has 0 unspecified atom stereocenters. The Hall–Kier alpha value is -3.96. The van der Waals surface area contributed by atoms with Gasteiger partial charge in [-0.1, -0.05) is 49.1 Å². The third-order valence-electron chi connectivity index (χ3n) is 6.92. The van der Waals surface area contributed by atoms with E-state index in [-0.39, 0.29) is 42.1 Å². The molecule has 0 aliphatic heterocycles. The van der Waals surface area contributed by atoms with Crippen molar-refractivity contribution in [2.45, 2.75) is 0 Å². The van der Waals surface area contributed by atoms with Crippen LogP contribution in [-0.4, -0.2) is 19.9 Å². The van der Waals surface area contributed by atoms with Crippen LogP contribution < -0.4 is 0 Å². The van der Waals surface area contributed by atoms with Gasteiger partial charge in [-0.25, -0.2) is 45.4 Å². The molecule has 0 bridgehead atoms. The van der Waals surface area contributed by atoms with Crippen molar-refractivity contribution in [3.8, 4) is 45.2 Å². The first kappa shape index (κ1) is 36.3. The van der Waals surface area contributed by atoms with Gasteiger partial charge in [0, 0.05) is 66.4 Å². The van der Waals surface area contributed by atoms with Crippen molar-refractivity contribution >= 4 is 52.8 Å². The number of thiophene rings is 3. The van der Waals surface area contributed by atoms with E-state index in [9.17, 15) is 0 Å². The predicted octanol–water partition coefficient (Wildman–Crippen LogP) is 11.0. The van der Waals surface area contributed by atoms with E-state index >= 15 is 0 Å². The third kappa shape index (κ3) is 9.19. The molecule has 4 nitrogen and oxygen atoms in total. The van der Waals surface area contributed by atoms with Crippen LogP contribution in [0, 0.1) is 24.3 Å². The van der Waals surface area contributed by atoms with Crippen LogP contribution in [0.1, 0.15) is 0 Å². The average molecular weight is 1050 g/mol. The maximum Gasteiger partial charge on any atom is 0.0894 e. The fourth-order valence-electron chi connectivity index (χ4n) is 4.71. The molecule has 49 heavy (non-hydrogen) atoms. The van der Waals surface area contributed by atoms with E-state index in [1.807, 2.05) is 137 Å². The summed E-state index contributed by atoms with van der Waals surface area (Å²) >= 11 is 5.38. The van der Waals surface area contributed by atoms with Gasteiger partial charge in [-0.2, -0.15) is 42.0 Å². The van der Waals surface area contributed by atoms with E-state index in [1.165, 1.54) is 18.8 Å². The molecule has 2 aromatic carbocycles. The van der Waals surface area contributed by atoms with Crippen LogP contribution in [0.2, 0.25) is 0 Å². The summed E-state index contributed by atoms with van der Waals surface area (Å²) < 4.78 is 2.76. The molecule has 9 rings (SSSR count). The molecule has 0 saturated heterocycles. The number of pyridine rings is 4. The van der Waals surface area contributed by atoms with Gasteiger partial charge in [0.15, 0.2) is 0 Å². The number of aromatic nitrogens is 4. The minimum Gasteiger partial charge on any atom is -0.295 e. The molecule has 0 atom stereocenters. The summed E-state index contributed by atoms with van der Waals surface area (Å²) in [7, 11) is 0. The Bertz CT molecular complexity index is 2040. The molecule has 7 aromatic heterocycles. The van der Waals surface area contributed by atoms with E-state index in [0.29, 0.717) is 0 Å². The number of hydrogen-bond acceptors (Lipinski definition) is 7. The van der Waals surface area contributed by atoms with Crippen molar-refractivity contribution in [3.05, 3.63) is 169 Å². The number of fused-ring (bicyclic) bond motifs is 3. The van der Waals surface area contributed by atoms with Crippen LogP contribution >= 0.6 is 34.0 Å². The van der Waals surface area contributed by atoms with Gasteiger partial charge in [-0.3, -0.25) is 37.1 Å². The van der Waals surface area contributed by atoms with Gasteiger partial charge in [0.05, 0.1) is 22.8 Å². The summed E-state index contributed by atoms with van der Waals surface area (Å²) in [6.07, 6.45) is 5.33. The maximum absolute atomic E-state index is 4.59. The van der Waals surface area contributed by atoms with Gasteiger partial charge in [0.1, 0.15) is 0 Å². The molecular weight excluding hydrogens is 1020 g/mol. The molecule has 0 amide bonds. The Morgan fingerprint density at radius 2 is 0.918 bits per heavy atom. The fraction of sp³-hybridized carbons (Fsp3) is 0. The Labute approximate surface area is 326 Å². The van der Waals surface area contributed by atoms with E-state index in [4.69, 9.17) is 0 Å². The molecule has 9 heteroatoms. The number of nitrogens with zero attached hydrogens (tertiary/aromatic N) is 4. The predicted molar refractivity (Wildman–Crippen MR) is 196 cm³/mol. The SMILES string of the molecule is [Pt].[Pt].[c-]1ccccc1-c1[c-]c(-c2ccccn2)ccc1.[c-]1csc2sc3sc[c-]c3c12.c1ccc(-c2cccc(-c3ccccn3)n2)nc1. The second-order valence-electron chi connectivity index (χ2n) is 9.99. The third-order valence-corrected chi connectivity index (χ3v) is 10.1. The van der Waals surface area contributed by atoms with Crippen LogP contribution in [-0.2, 0) is 42.1 Å². The molecule has 9 aromatic rings. The van der Waals surface area contributed by atoms with Gasteiger partial charge in [0.25, 0.3) is 0 Å². The minimum atomic E-state index is 0. The molecule has 0 spiro atoms. The fourth-order valence-corrected chi connectivity index (χ4v) is 7.86. The zero-order valence-corrected chi connectivity index (χ0v) is 32.5. The quantitative estimate of drug-likeness (QED) is 0.165. The Kier molecular flexibility index (Phi) is 13.5. The van der Waals surface area contributed by atoms with Crippen molar-refractivity contribution in [1.29, 1.82) is 0 Å². The molecular formula is C40H24N4Pt2S3-4. The molecule has 0 radical (unpaired) electrons. The van der Waals surface area contributed by atoms with Crippen LogP contribution in [0.25, 0.3) is 64.0 Å². The molecule has 0 aliphatic carbocycles. The number of benzene rings is 2. The Morgan fingerprint density at radius 3 is 1.45 bits per heavy atom. The second-order valence-corrected chi connectivity index (χ2v) is 13.3. The number of rotatable bonds is 4. The van der Waals surface area contributed by atoms with Crippen molar-refractivity contribution in [2.75, 3.05) is 0 Å². The van der Waals surface area contributed by atoms with E-state index in [0.717, 1.165) is 45.2 Å². The van der Waals surface area contributed by atoms with Gasteiger partial charge < -0.3 is 0 Å². The summed E-state index contributed by atoms with van der Waals surface area (Å²) in [5, 5.41) is 6.56. The normalized spacial score (nSPS) is 10.1. The van der Waals surface area contributed by atoms with Crippen LogP contribution in [0.4, 0.5) is 0 Å². The maximum atomic E-state index is 4.59. The standard InChI is InChI=1S/C17H11N.C15H11N3.C8H2S3.2Pt/c1-2-7-14(8-3-1)15-9-6-10-16(13-15)17-11-4-5-12-18-17;1-3-10-16-12(6-1)14-8-5-9-15(18-14)13-7-2-4-11-17-13;1-3-9-7-5(1)6-2-4-10-8(6)11-7;;/h1-7,9-12H;1-11H;3-4H;;/q-2;;-2;;. The minimum absolute atomic E-state index is 0. The van der Waals surface area contributed by atoms with Crippen molar-refractivity contribution < 1.29 is 42.1 Å². The van der Waals surface area contributed by atoms with Gasteiger partial charge in [-0.15, -0.1) is 23.8 Å². The molecule has 0 N–H and O–H groups in total. The summed E-state index contributed by atoms with van der Waals surface area (Å²) in [4.78, 5) is 17.5. The van der Waals surface area contributed by atoms with E-state index < -0.39 is 0 Å². The van der Waals surface area contributed by atoms with Gasteiger partial charge >= 0.3 is 0 Å². The van der Waals surface area contributed by atoms with Crippen LogP contribution in [0.15, 0.2) is 145 Å². The second kappa shape index (κ2) is 18.1. The average Bonchev–Trinajstić information content (AvgIpc) is 3.90. The van der Waals surface area contributed by atoms with Crippen LogP contribution in [0.5, 0.6) is 0 Å². The van der Waals surface area contributed by atoms with E-state index in [2.05, 4.69) is 44.2 Å². The summed E-state index contributed by atoms with van der Waals surface area (Å²) in [5.74, 6) is 0. The zero-order valence-electron chi connectivity index (χ0n) is 25.5. The zero-order chi connectivity index (χ0) is 31.7.